The average Bonchev–Trinajstić information content (AvgIpc) is 1.65. The number of hydrogen-bond donors (Lipinski definition) is 0. The van der Waals surface area contributed by atoms with E-state index in [4.69, 9.17) is 0 Å². The first kappa shape index (κ1) is 70.2. The summed E-state index contributed by atoms with van der Waals surface area (Å²) in [5.41, 5.74) is 8.34. The number of fused-ring (bicyclic) bond motifs is 4. The molecule has 102 heavy (non-hydrogen) atoms. The molecule has 8 aromatic heterocycles. The summed E-state index contributed by atoms with van der Waals surface area (Å²) >= 11 is 0. The molecule has 4 aromatic carbocycles. The molecule has 0 unspecified atom stereocenters. The lowest BCUT2D eigenvalue weighted by Gasteiger charge is -2.12. The van der Waals surface area contributed by atoms with Crippen molar-refractivity contribution in [2.45, 2.75) is 111 Å². The molecule has 12 aromatic rings. The van der Waals surface area contributed by atoms with E-state index in [2.05, 4.69) is 79.7 Å². The Bertz CT molecular complexity index is 4830. The van der Waals surface area contributed by atoms with Crippen LogP contribution >= 0.6 is 0 Å². The predicted molar refractivity (Wildman–Crippen MR) is 327 cm³/mol. The topological polar surface area (TPSA) is 209 Å². The van der Waals surface area contributed by atoms with Gasteiger partial charge >= 0.3 is 24.4 Å². The summed E-state index contributed by atoms with van der Waals surface area (Å²) in [5, 5.41) is 28.4. The number of aromatic nitrogens is 16. The van der Waals surface area contributed by atoms with Gasteiger partial charge in [-0.2, -0.15) is 35.1 Å². The fraction of sp³-hybridized carbons (Fsp3) is 0.333. The molecule has 0 saturated heterocycles. The predicted octanol–water partition coefficient (Wildman–Crippen LogP) is 15.1. The van der Waals surface area contributed by atoms with E-state index < -0.39 is 95.1 Å². The Morgan fingerprint density at radius 2 is 0.559 bits per heavy atom. The zero-order chi connectivity index (χ0) is 73.0. The lowest BCUT2D eigenvalue weighted by Crippen LogP contribution is -2.19. The molecule has 0 spiro atoms. The van der Waals surface area contributed by atoms with Crippen molar-refractivity contribution < 1.29 is 89.2 Å². The first-order valence-corrected chi connectivity index (χ1v) is 30.6. The van der Waals surface area contributed by atoms with Crippen LogP contribution in [0, 0.1) is 13.8 Å². The van der Waals surface area contributed by atoms with Crippen LogP contribution in [-0.4, -0.2) is 130 Å². The number of halogens is 16. The Morgan fingerprint density at radius 1 is 0.333 bits per heavy atom. The largest absolute Gasteiger partial charge is 0.417 e. The SMILES string of the molecule is COC(F)(F)c1nnc2cnc(-c3ccc([C@@H]4CC4(F)F)cc3)cn12.COC(F)(F)c1nnc2cnc(-c3ccc([C@@H]4CC4(F)F)cc3C)cn12.COC(F)(F)c1nnc2cnc(-c3ccc([C@H]4CC4(F)F)cc3)cn12.COC(F)(F)c1nnc2cnc(-c3ccc([C@H]4CC4(F)F)cc3C)cn12. The third-order valence-corrected chi connectivity index (χ3v) is 17.6. The number of ether oxygens (including phenoxy) is 4. The van der Waals surface area contributed by atoms with Gasteiger partial charge in [0.05, 0.1) is 71.2 Å². The number of benzene rings is 4. The summed E-state index contributed by atoms with van der Waals surface area (Å²) in [6, 6.07) is 22.9. The van der Waals surface area contributed by atoms with Crippen LogP contribution in [0.3, 0.4) is 0 Å². The number of aryl methyl sites for hydroxylation is 2. The van der Waals surface area contributed by atoms with Crippen molar-refractivity contribution in [1.29, 1.82) is 0 Å². The zero-order valence-corrected chi connectivity index (χ0v) is 53.7. The highest BCUT2D eigenvalue weighted by molar-refractivity contribution is 5.67. The van der Waals surface area contributed by atoms with Gasteiger partial charge < -0.3 is 18.9 Å². The van der Waals surface area contributed by atoms with Crippen molar-refractivity contribution in [3.63, 3.8) is 0 Å². The molecule has 16 rings (SSSR count). The lowest BCUT2D eigenvalue weighted by atomic mass is 10.0. The van der Waals surface area contributed by atoms with Crippen LogP contribution in [0.4, 0.5) is 70.2 Å². The van der Waals surface area contributed by atoms with E-state index in [-0.39, 0.29) is 48.3 Å². The minimum absolute atomic E-state index is 0.143. The molecule has 532 valence electrons. The minimum atomic E-state index is -3.60. The second-order valence-corrected chi connectivity index (χ2v) is 24.4. The fourth-order valence-corrected chi connectivity index (χ4v) is 11.4. The van der Waals surface area contributed by atoms with Gasteiger partial charge in [-0.05, 0) is 47.2 Å². The van der Waals surface area contributed by atoms with Gasteiger partial charge in [0.1, 0.15) is 0 Å². The van der Waals surface area contributed by atoms with Crippen molar-refractivity contribution in [3.8, 4) is 45.0 Å². The zero-order valence-electron chi connectivity index (χ0n) is 53.7. The van der Waals surface area contributed by atoms with E-state index in [0.717, 1.165) is 57.2 Å². The maximum Gasteiger partial charge on any atom is 0.417 e. The molecule has 36 heteroatoms. The van der Waals surface area contributed by atoms with E-state index in [1.54, 1.807) is 98.8 Å². The third-order valence-electron chi connectivity index (χ3n) is 17.6. The summed E-state index contributed by atoms with van der Waals surface area (Å²) in [6.07, 6.45) is -4.26. The molecule has 20 nitrogen and oxygen atoms in total. The number of nitrogens with zero attached hydrogens (tertiary/aromatic N) is 16. The third kappa shape index (κ3) is 13.6. The van der Waals surface area contributed by atoms with Crippen molar-refractivity contribution >= 4 is 22.6 Å². The maximum absolute atomic E-state index is 13.8. The number of alkyl halides is 16. The molecule has 4 aliphatic rings. The second kappa shape index (κ2) is 25.4. The highest BCUT2D eigenvalue weighted by atomic mass is 19.3. The van der Waals surface area contributed by atoms with Gasteiger partial charge in [0.25, 0.3) is 23.7 Å². The molecule has 0 aliphatic heterocycles. The average molecular weight is 1440 g/mol. The van der Waals surface area contributed by atoms with Crippen LogP contribution in [0.2, 0.25) is 0 Å². The van der Waals surface area contributed by atoms with E-state index >= 15 is 0 Å². The molecule has 4 atom stereocenters. The first-order chi connectivity index (χ1) is 48.1. The summed E-state index contributed by atoms with van der Waals surface area (Å²) < 4.78 is 237. The second-order valence-electron chi connectivity index (χ2n) is 24.4. The van der Waals surface area contributed by atoms with Crippen LogP contribution in [0.25, 0.3) is 67.6 Å². The smallest absolute Gasteiger partial charge is 0.317 e. The molecular formula is C66H52F16N16O4. The monoisotopic (exact) mass is 1440 g/mol. The summed E-state index contributed by atoms with van der Waals surface area (Å²) in [5.74, 6) is -16.2. The number of hydrogen-bond acceptors (Lipinski definition) is 16. The summed E-state index contributed by atoms with van der Waals surface area (Å²) in [6.45, 7) is 3.53. The number of methoxy groups -OCH3 is 4. The van der Waals surface area contributed by atoms with Crippen LogP contribution in [0.5, 0.6) is 0 Å². The van der Waals surface area contributed by atoms with E-state index in [9.17, 15) is 70.2 Å². The Labute approximate surface area is 564 Å². The van der Waals surface area contributed by atoms with Crippen LogP contribution in [0.15, 0.2) is 135 Å². The standard InChI is InChI=1S/2C17H14F4N4O.2C16H12F4N4O/c2*1-9-5-10(12-6-16(12,18)19)3-4-11(9)13-8-25-14(7-22-13)23-24-15(25)17(20,21)26-2;2*1-25-16(19,20)14-23-22-13-7-21-12(8-24(13)14)10-4-2-9(3-5-10)11-6-15(11,17)18/h2*3-5,7-8,12H,6H2,1-2H3;2*2-5,7-8,11H,6H2,1H3/t2*12-;2*11-/m1010/s1. The first-order valence-electron chi connectivity index (χ1n) is 30.6. The normalized spacial score (nSPS) is 19.2. The van der Waals surface area contributed by atoms with Gasteiger partial charge in [-0.1, -0.05) is 84.9 Å². The van der Waals surface area contributed by atoms with E-state index in [1.165, 1.54) is 49.6 Å². The van der Waals surface area contributed by atoms with Crippen LogP contribution < -0.4 is 0 Å². The van der Waals surface area contributed by atoms with Gasteiger partial charge in [-0.15, -0.1) is 40.8 Å². The number of rotatable bonds is 16. The van der Waals surface area contributed by atoms with E-state index in [0.29, 0.717) is 67.3 Å². The van der Waals surface area contributed by atoms with Crippen LogP contribution in [0.1, 0.15) is 106 Å². The molecular weight excluding hydrogens is 1380 g/mol. The summed E-state index contributed by atoms with van der Waals surface area (Å²) in [4.78, 5) is 16.8. The van der Waals surface area contributed by atoms with Crippen molar-refractivity contribution in [2.75, 3.05) is 28.4 Å². The molecule has 4 saturated carbocycles. The van der Waals surface area contributed by atoms with Crippen LogP contribution in [-0.2, 0) is 43.4 Å². The van der Waals surface area contributed by atoms with Gasteiger partial charge in [0, 0.05) is 101 Å². The van der Waals surface area contributed by atoms with Crippen molar-refractivity contribution in [3.05, 3.63) is 191 Å². The molecule has 0 radical (unpaired) electrons. The summed E-state index contributed by atoms with van der Waals surface area (Å²) in [7, 11) is 3.49. The minimum Gasteiger partial charge on any atom is -0.317 e. The van der Waals surface area contributed by atoms with Gasteiger partial charge in [-0.25, -0.2) is 35.1 Å². The van der Waals surface area contributed by atoms with Gasteiger partial charge in [-0.3, -0.25) is 37.5 Å². The van der Waals surface area contributed by atoms with Crippen molar-refractivity contribution in [1.82, 2.24) is 78.3 Å². The lowest BCUT2D eigenvalue weighted by molar-refractivity contribution is -0.238. The Balaban J connectivity index is 0.000000121. The van der Waals surface area contributed by atoms with Gasteiger partial charge in [0.2, 0.25) is 23.3 Å². The quantitative estimate of drug-likeness (QED) is 0.0824. The molecule has 4 fully saturated rings. The van der Waals surface area contributed by atoms with E-state index in [1.807, 2.05) is 0 Å². The molecule has 0 N–H and O–H groups in total. The molecule has 0 bridgehead atoms. The maximum atomic E-state index is 13.8. The molecule has 0 amide bonds. The Morgan fingerprint density at radius 3 is 0.794 bits per heavy atom. The highest BCUT2D eigenvalue weighted by Gasteiger charge is 2.60. The molecule has 8 heterocycles. The Kier molecular flexibility index (Phi) is 17.5. The Hall–Kier alpha value is -10.2. The molecule has 4 aliphatic carbocycles. The fourth-order valence-electron chi connectivity index (χ4n) is 11.4. The highest BCUT2D eigenvalue weighted by Crippen LogP contribution is 2.58. The van der Waals surface area contributed by atoms with Crippen molar-refractivity contribution in [2.24, 2.45) is 0 Å². The van der Waals surface area contributed by atoms with Gasteiger partial charge in [0.15, 0.2) is 22.6 Å².